The number of halogens is 1. The lowest BCUT2D eigenvalue weighted by Crippen LogP contribution is -2.51. The van der Waals surface area contributed by atoms with E-state index in [1.54, 1.807) is 4.90 Å². The van der Waals surface area contributed by atoms with Crippen LogP contribution in [-0.4, -0.2) is 50.0 Å². The Bertz CT molecular complexity index is 1180. The molecular weight excluding hydrogens is 505 g/mol. The van der Waals surface area contributed by atoms with E-state index >= 15 is 0 Å². The van der Waals surface area contributed by atoms with Crippen LogP contribution in [0, 0.1) is 12.7 Å². The number of amides is 2. The predicted octanol–water partition coefficient (Wildman–Crippen LogP) is 4.94. The van der Waals surface area contributed by atoms with E-state index in [0.717, 1.165) is 43.1 Å². The van der Waals surface area contributed by atoms with Gasteiger partial charge in [0, 0.05) is 25.6 Å². The summed E-state index contributed by atoms with van der Waals surface area (Å²) in [5.74, 6) is -0.796. The topological polar surface area (TPSA) is 86.8 Å². The van der Waals surface area contributed by atoms with E-state index in [-0.39, 0.29) is 37.2 Å². The van der Waals surface area contributed by atoms with Gasteiger partial charge in [-0.15, -0.1) is 0 Å². The lowest BCUT2D eigenvalue weighted by Gasteiger charge is -2.33. The van der Waals surface area contributed by atoms with Gasteiger partial charge in [-0.1, -0.05) is 56.0 Å². The molecule has 0 heterocycles. The first-order valence-corrected chi connectivity index (χ1v) is 15.3. The van der Waals surface area contributed by atoms with E-state index in [4.69, 9.17) is 0 Å². The highest BCUT2D eigenvalue weighted by Crippen LogP contribution is 2.21. The van der Waals surface area contributed by atoms with Gasteiger partial charge in [0.1, 0.15) is 11.9 Å². The largest absolute Gasteiger partial charge is 0.352 e. The van der Waals surface area contributed by atoms with Gasteiger partial charge < -0.3 is 10.2 Å². The quantitative estimate of drug-likeness (QED) is 0.410. The van der Waals surface area contributed by atoms with Gasteiger partial charge in [0.25, 0.3) is 0 Å². The molecule has 3 rings (SSSR count). The van der Waals surface area contributed by atoms with Crippen LogP contribution in [0.2, 0.25) is 0 Å². The Labute approximate surface area is 226 Å². The summed E-state index contributed by atoms with van der Waals surface area (Å²) in [6, 6.07) is 12.6. The molecule has 2 amide bonds. The summed E-state index contributed by atoms with van der Waals surface area (Å²) in [5.41, 5.74) is 2.35. The number of sulfonamides is 1. The van der Waals surface area contributed by atoms with Crippen molar-refractivity contribution in [2.75, 3.05) is 17.1 Å². The summed E-state index contributed by atoms with van der Waals surface area (Å²) in [6.07, 6.45) is 7.19. The molecule has 1 aliphatic carbocycles. The molecule has 0 spiro atoms. The van der Waals surface area contributed by atoms with Gasteiger partial charge in [-0.2, -0.15) is 0 Å². The third-order valence-corrected chi connectivity index (χ3v) is 8.23. The SMILES string of the molecule is CCC(C(=O)NC1CCCCC1)N(Cc1cccc(C)c1)C(=O)CCCN(c1ccc(F)cc1)S(C)(=O)=O. The van der Waals surface area contributed by atoms with Crippen LogP contribution in [0.3, 0.4) is 0 Å². The van der Waals surface area contributed by atoms with Crippen molar-refractivity contribution in [3.63, 3.8) is 0 Å². The van der Waals surface area contributed by atoms with Gasteiger partial charge in [-0.3, -0.25) is 13.9 Å². The van der Waals surface area contributed by atoms with Crippen molar-refractivity contribution in [2.45, 2.75) is 83.8 Å². The Balaban J connectivity index is 1.75. The minimum absolute atomic E-state index is 0.0690. The summed E-state index contributed by atoms with van der Waals surface area (Å²) in [4.78, 5) is 28.6. The van der Waals surface area contributed by atoms with Crippen molar-refractivity contribution in [3.8, 4) is 0 Å². The number of anilines is 1. The molecule has 0 saturated heterocycles. The molecule has 0 bridgehead atoms. The minimum atomic E-state index is -3.63. The van der Waals surface area contributed by atoms with Crippen LogP contribution < -0.4 is 9.62 Å². The van der Waals surface area contributed by atoms with Crippen LogP contribution in [0.4, 0.5) is 10.1 Å². The number of benzene rings is 2. The Morgan fingerprint density at radius 2 is 1.76 bits per heavy atom. The molecule has 7 nitrogen and oxygen atoms in total. The Morgan fingerprint density at radius 1 is 1.08 bits per heavy atom. The third-order valence-electron chi connectivity index (χ3n) is 7.04. The standard InChI is InChI=1S/C29H40FN3O4S/c1-4-27(29(35)31-25-12-6-5-7-13-25)32(21-23-11-8-10-22(2)20-23)28(34)14-9-19-33(38(3,36)37)26-17-15-24(30)16-18-26/h8,10-11,15-18,20,25,27H,4-7,9,12-14,19,21H2,1-3H3,(H,31,35). The van der Waals surface area contributed by atoms with Crippen LogP contribution in [0.15, 0.2) is 48.5 Å². The highest BCUT2D eigenvalue weighted by atomic mass is 32.2. The first kappa shape index (κ1) is 29.6. The summed E-state index contributed by atoms with van der Waals surface area (Å²) in [6.45, 7) is 4.25. The summed E-state index contributed by atoms with van der Waals surface area (Å²) in [7, 11) is -3.63. The molecule has 9 heteroatoms. The molecule has 1 atom stereocenters. The number of carbonyl (C=O) groups excluding carboxylic acids is 2. The fourth-order valence-electron chi connectivity index (χ4n) is 5.08. The van der Waals surface area contributed by atoms with Gasteiger partial charge in [0.05, 0.1) is 11.9 Å². The molecule has 0 aliphatic heterocycles. The first-order valence-electron chi connectivity index (χ1n) is 13.5. The zero-order valence-corrected chi connectivity index (χ0v) is 23.5. The molecule has 1 N–H and O–H groups in total. The molecule has 2 aromatic carbocycles. The second kappa shape index (κ2) is 13.7. The van der Waals surface area contributed by atoms with Crippen LogP contribution >= 0.6 is 0 Å². The summed E-state index contributed by atoms with van der Waals surface area (Å²) in [5, 5.41) is 3.17. The van der Waals surface area contributed by atoms with E-state index in [0.29, 0.717) is 18.7 Å². The van der Waals surface area contributed by atoms with Crippen LogP contribution in [0.25, 0.3) is 0 Å². The molecular formula is C29H40FN3O4S. The molecule has 1 aliphatic rings. The van der Waals surface area contributed by atoms with E-state index in [9.17, 15) is 22.4 Å². The van der Waals surface area contributed by atoms with Crippen LogP contribution in [0.5, 0.6) is 0 Å². The van der Waals surface area contributed by atoms with Gasteiger partial charge in [0.2, 0.25) is 21.8 Å². The normalized spacial score (nSPS) is 15.1. The van der Waals surface area contributed by atoms with Crippen LogP contribution in [-0.2, 0) is 26.2 Å². The number of carbonyl (C=O) groups is 2. The maximum absolute atomic E-state index is 13.6. The van der Waals surface area contributed by atoms with Gasteiger partial charge in [-0.25, -0.2) is 12.8 Å². The number of aryl methyl sites for hydroxylation is 1. The fraction of sp³-hybridized carbons (Fsp3) is 0.517. The second-order valence-corrected chi connectivity index (χ2v) is 12.1. The maximum atomic E-state index is 13.6. The average molecular weight is 546 g/mol. The number of nitrogens with one attached hydrogen (secondary N) is 1. The van der Waals surface area contributed by atoms with Crippen molar-refractivity contribution >= 4 is 27.5 Å². The van der Waals surface area contributed by atoms with Crippen molar-refractivity contribution in [3.05, 3.63) is 65.5 Å². The zero-order valence-electron chi connectivity index (χ0n) is 22.7. The van der Waals surface area contributed by atoms with Crippen molar-refractivity contribution < 1.29 is 22.4 Å². The van der Waals surface area contributed by atoms with Crippen molar-refractivity contribution in [2.24, 2.45) is 0 Å². The minimum Gasteiger partial charge on any atom is -0.352 e. The molecule has 1 saturated carbocycles. The zero-order chi connectivity index (χ0) is 27.7. The van der Waals surface area contributed by atoms with E-state index in [1.807, 2.05) is 38.1 Å². The molecule has 2 aromatic rings. The summed E-state index contributed by atoms with van der Waals surface area (Å²) >= 11 is 0. The number of nitrogens with zero attached hydrogens (tertiary/aromatic N) is 2. The molecule has 0 radical (unpaired) electrons. The lowest BCUT2D eigenvalue weighted by atomic mass is 9.95. The predicted molar refractivity (Wildman–Crippen MR) is 149 cm³/mol. The number of hydrogen-bond donors (Lipinski definition) is 1. The average Bonchev–Trinajstić information content (AvgIpc) is 2.87. The van der Waals surface area contributed by atoms with Gasteiger partial charge in [0.15, 0.2) is 0 Å². The molecule has 1 unspecified atom stereocenters. The highest BCUT2D eigenvalue weighted by molar-refractivity contribution is 7.92. The smallest absolute Gasteiger partial charge is 0.243 e. The number of hydrogen-bond acceptors (Lipinski definition) is 4. The molecule has 1 fully saturated rings. The Morgan fingerprint density at radius 3 is 2.37 bits per heavy atom. The van der Waals surface area contributed by atoms with Crippen molar-refractivity contribution in [1.82, 2.24) is 10.2 Å². The highest BCUT2D eigenvalue weighted by Gasteiger charge is 2.30. The Hall–Kier alpha value is -2.94. The molecule has 0 aromatic heterocycles. The van der Waals surface area contributed by atoms with E-state index < -0.39 is 21.9 Å². The molecule has 38 heavy (non-hydrogen) atoms. The number of rotatable bonds is 12. The van der Waals surface area contributed by atoms with Crippen LogP contribution in [0.1, 0.15) is 69.4 Å². The van der Waals surface area contributed by atoms with E-state index in [2.05, 4.69) is 5.32 Å². The lowest BCUT2D eigenvalue weighted by molar-refractivity contribution is -0.141. The third kappa shape index (κ3) is 8.55. The second-order valence-electron chi connectivity index (χ2n) is 10.2. The summed E-state index contributed by atoms with van der Waals surface area (Å²) < 4.78 is 39.4. The van der Waals surface area contributed by atoms with Gasteiger partial charge >= 0.3 is 0 Å². The maximum Gasteiger partial charge on any atom is 0.243 e. The Kier molecular flexibility index (Phi) is 10.7. The fourth-order valence-corrected chi connectivity index (χ4v) is 6.05. The van der Waals surface area contributed by atoms with Gasteiger partial charge in [-0.05, 0) is 62.4 Å². The molecule has 208 valence electrons. The van der Waals surface area contributed by atoms with E-state index in [1.165, 1.54) is 35.0 Å². The first-order chi connectivity index (χ1) is 18.1. The van der Waals surface area contributed by atoms with Crippen molar-refractivity contribution in [1.29, 1.82) is 0 Å². The monoisotopic (exact) mass is 545 g/mol.